The van der Waals surface area contributed by atoms with Gasteiger partial charge in [-0.15, -0.1) is 18.3 Å². The molecule has 0 saturated carbocycles. The quantitative estimate of drug-likeness (QED) is 0.455. The van der Waals surface area contributed by atoms with Gasteiger partial charge < -0.3 is 4.57 Å². The second kappa shape index (κ2) is 5.55. The molecule has 1 aromatic carbocycles. The van der Waals surface area contributed by atoms with Crippen LogP contribution >= 0.6 is 11.8 Å². The average molecular weight is 243 g/mol. The van der Waals surface area contributed by atoms with Crippen LogP contribution in [0.5, 0.6) is 0 Å². The Hall–Kier alpha value is -1.74. The summed E-state index contributed by atoms with van der Waals surface area (Å²) in [6, 6.07) is 11.7. The van der Waals surface area contributed by atoms with Crippen LogP contribution in [-0.2, 0) is 0 Å². The average Bonchev–Trinajstić information content (AvgIpc) is 2.84. The summed E-state index contributed by atoms with van der Waals surface area (Å²) in [7, 11) is 0. The monoisotopic (exact) mass is 243 g/mol. The number of hydrogen-bond acceptors (Lipinski definition) is 2. The summed E-state index contributed by atoms with van der Waals surface area (Å²) in [5.41, 5.74) is 1.70. The minimum atomic E-state index is 0.664. The van der Waals surface area contributed by atoms with Crippen molar-refractivity contribution < 1.29 is 4.79 Å². The van der Waals surface area contributed by atoms with Crippen LogP contribution in [0, 0.1) is 0 Å². The van der Waals surface area contributed by atoms with E-state index in [1.807, 2.05) is 47.2 Å². The molecule has 1 heterocycles. The van der Waals surface area contributed by atoms with Gasteiger partial charge in [-0.2, -0.15) is 0 Å². The summed E-state index contributed by atoms with van der Waals surface area (Å²) in [5, 5.41) is 0. The van der Waals surface area contributed by atoms with Crippen molar-refractivity contribution in [2.75, 3.05) is 5.75 Å². The number of carbonyl (C=O) groups excluding carboxylic acids is 1. The molecule has 0 aliphatic carbocycles. The molecule has 0 unspecified atom stereocenters. The molecule has 0 aliphatic heterocycles. The number of hydrogen-bond donors (Lipinski definition) is 0. The lowest BCUT2D eigenvalue weighted by atomic mass is 10.3. The van der Waals surface area contributed by atoms with Gasteiger partial charge >= 0.3 is 0 Å². The van der Waals surface area contributed by atoms with E-state index >= 15 is 0 Å². The summed E-state index contributed by atoms with van der Waals surface area (Å²) in [6.45, 7) is 3.72. The fourth-order valence-corrected chi connectivity index (χ4v) is 2.42. The Bertz CT molecular complexity index is 531. The molecule has 86 valence electrons. The van der Waals surface area contributed by atoms with Crippen molar-refractivity contribution in [2.24, 2.45) is 0 Å². The van der Waals surface area contributed by atoms with E-state index in [0.29, 0.717) is 5.69 Å². The van der Waals surface area contributed by atoms with Crippen molar-refractivity contribution in [3.63, 3.8) is 0 Å². The molecule has 17 heavy (non-hydrogen) atoms. The summed E-state index contributed by atoms with van der Waals surface area (Å²) in [4.78, 5) is 12.1. The van der Waals surface area contributed by atoms with Crippen LogP contribution in [0.25, 0.3) is 5.69 Å². The van der Waals surface area contributed by atoms with Crippen molar-refractivity contribution in [2.45, 2.75) is 4.90 Å². The maximum atomic E-state index is 10.9. The minimum Gasteiger partial charge on any atom is -0.313 e. The third-order valence-electron chi connectivity index (χ3n) is 2.38. The Morgan fingerprint density at radius 3 is 2.82 bits per heavy atom. The third-order valence-corrected chi connectivity index (χ3v) is 3.44. The van der Waals surface area contributed by atoms with E-state index < -0.39 is 0 Å². The SMILES string of the molecule is C=CCSc1ccccc1-n1cccc1C=O. The van der Waals surface area contributed by atoms with Crippen LogP contribution in [0.1, 0.15) is 10.5 Å². The molecule has 1 aromatic heterocycles. The molecule has 0 radical (unpaired) electrons. The smallest absolute Gasteiger partial charge is 0.166 e. The standard InChI is InChI=1S/C14H13NOS/c1-2-10-17-14-8-4-3-7-13(14)15-9-5-6-12(15)11-16/h2-9,11H,1,10H2. The molecule has 2 nitrogen and oxygen atoms in total. The molecule has 0 amide bonds. The van der Waals surface area contributed by atoms with E-state index in [2.05, 4.69) is 12.6 Å². The number of carbonyl (C=O) groups is 1. The predicted octanol–water partition coefficient (Wildman–Crippen LogP) is 3.57. The van der Waals surface area contributed by atoms with Gasteiger partial charge in [0.15, 0.2) is 6.29 Å². The van der Waals surface area contributed by atoms with Crippen molar-refractivity contribution in [1.29, 1.82) is 0 Å². The Morgan fingerprint density at radius 1 is 1.24 bits per heavy atom. The highest BCUT2D eigenvalue weighted by Crippen LogP contribution is 2.26. The molecular weight excluding hydrogens is 230 g/mol. The van der Waals surface area contributed by atoms with E-state index in [9.17, 15) is 4.79 Å². The van der Waals surface area contributed by atoms with E-state index in [-0.39, 0.29) is 0 Å². The number of para-hydroxylation sites is 1. The summed E-state index contributed by atoms with van der Waals surface area (Å²) in [5.74, 6) is 0.856. The molecule has 0 saturated heterocycles. The van der Waals surface area contributed by atoms with Gasteiger partial charge in [0.25, 0.3) is 0 Å². The van der Waals surface area contributed by atoms with Crippen molar-refractivity contribution in [1.82, 2.24) is 4.57 Å². The lowest BCUT2D eigenvalue weighted by Gasteiger charge is -2.10. The Morgan fingerprint density at radius 2 is 2.06 bits per heavy atom. The summed E-state index contributed by atoms with van der Waals surface area (Å²) in [6.07, 6.45) is 4.64. The lowest BCUT2D eigenvalue weighted by Crippen LogP contribution is -1.99. The molecular formula is C14H13NOS. The van der Waals surface area contributed by atoms with Crippen molar-refractivity contribution in [3.05, 3.63) is 60.9 Å². The van der Waals surface area contributed by atoms with E-state index in [0.717, 1.165) is 22.6 Å². The highest BCUT2D eigenvalue weighted by molar-refractivity contribution is 7.99. The predicted molar refractivity (Wildman–Crippen MR) is 72.1 cm³/mol. The zero-order valence-electron chi connectivity index (χ0n) is 9.37. The fourth-order valence-electron chi connectivity index (χ4n) is 1.64. The molecule has 0 aliphatic rings. The van der Waals surface area contributed by atoms with E-state index in [1.54, 1.807) is 11.8 Å². The summed E-state index contributed by atoms with van der Waals surface area (Å²) < 4.78 is 1.90. The van der Waals surface area contributed by atoms with Gasteiger partial charge in [-0.3, -0.25) is 4.79 Å². The van der Waals surface area contributed by atoms with Gasteiger partial charge in [-0.1, -0.05) is 18.2 Å². The first-order valence-corrected chi connectivity index (χ1v) is 6.31. The van der Waals surface area contributed by atoms with Gasteiger partial charge in [0, 0.05) is 16.8 Å². The number of rotatable bonds is 5. The highest BCUT2D eigenvalue weighted by Gasteiger charge is 2.06. The highest BCUT2D eigenvalue weighted by atomic mass is 32.2. The normalized spacial score (nSPS) is 10.1. The molecule has 0 atom stereocenters. The van der Waals surface area contributed by atoms with Crippen LogP contribution in [-0.4, -0.2) is 16.6 Å². The number of aromatic nitrogens is 1. The van der Waals surface area contributed by atoms with Crippen molar-refractivity contribution in [3.8, 4) is 5.69 Å². The fraction of sp³-hybridized carbons (Fsp3) is 0.0714. The van der Waals surface area contributed by atoms with E-state index in [4.69, 9.17) is 0 Å². The second-order valence-corrected chi connectivity index (χ2v) is 4.55. The number of thioether (sulfide) groups is 1. The minimum absolute atomic E-state index is 0.664. The third kappa shape index (κ3) is 2.50. The number of aldehydes is 1. The van der Waals surface area contributed by atoms with Crippen LogP contribution < -0.4 is 0 Å². The molecule has 2 aromatic rings. The molecule has 0 bridgehead atoms. The van der Waals surface area contributed by atoms with Gasteiger partial charge in [0.2, 0.25) is 0 Å². The van der Waals surface area contributed by atoms with Crippen LogP contribution in [0.4, 0.5) is 0 Å². The maximum Gasteiger partial charge on any atom is 0.166 e. The zero-order valence-corrected chi connectivity index (χ0v) is 10.2. The van der Waals surface area contributed by atoms with Gasteiger partial charge in [-0.25, -0.2) is 0 Å². The van der Waals surface area contributed by atoms with Gasteiger partial charge in [0.1, 0.15) is 0 Å². The number of benzene rings is 1. The Labute approximate surface area is 105 Å². The first kappa shape index (κ1) is 11.7. The Balaban J connectivity index is 2.44. The lowest BCUT2D eigenvalue weighted by molar-refractivity contribution is 0.111. The van der Waals surface area contributed by atoms with Crippen LogP contribution in [0.15, 0.2) is 60.1 Å². The zero-order chi connectivity index (χ0) is 12.1. The second-order valence-electron chi connectivity index (χ2n) is 3.49. The topological polar surface area (TPSA) is 22.0 Å². The van der Waals surface area contributed by atoms with Gasteiger partial charge in [-0.05, 0) is 24.3 Å². The van der Waals surface area contributed by atoms with Crippen LogP contribution in [0.3, 0.4) is 0 Å². The maximum absolute atomic E-state index is 10.9. The molecule has 0 fully saturated rings. The molecule has 3 heteroatoms. The van der Waals surface area contributed by atoms with Crippen molar-refractivity contribution >= 4 is 18.0 Å². The molecule has 0 spiro atoms. The first-order chi connectivity index (χ1) is 8.36. The summed E-state index contributed by atoms with van der Waals surface area (Å²) >= 11 is 1.71. The first-order valence-electron chi connectivity index (χ1n) is 5.32. The molecule has 2 rings (SSSR count). The molecule has 0 N–H and O–H groups in total. The Kier molecular flexibility index (Phi) is 3.83. The largest absolute Gasteiger partial charge is 0.313 e. The number of nitrogens with zero attached hydrogens (tertiary/aromatic N) is 1. The van der Waals surface area contributed by atoms with Gasteiger partial charge in [0.05, 0.1) is 11.4 Å². The van der Waals surface area contributed by atoms with E-state index in [1.165, 1.54) is 0 Å². The van der Waals surface area contributed by atoms with Crippen LogP contribution in [0.2, 0.25) is 0 Å².